The Labute approximate surface area is 77.1 Å². The summed E-state index contributed by atoms with van der Waals surface area (Å²) in [6.07, 6.45) is 2.04. The van der Waals surface area contributed by atoms with Crippen LogP contribution in [-0.2, 0) is 26.1 Å². The van der Waals surface area contributed by atoms with Crippen LogP contribution in [0.5, 0.6) is 0 Å². The van der Waals surface area contributed by atoms with Gasteiger partial charge in [0.2, 0.25) is 0 Å². The van der Waals surface area contributed by atoms with Gasteiger partial charge in [-0.1, -0.05) is 0 Å². The van der Waals surface area contributed by atoms with E-state index in [2.05, 4.69) is 14.9 Å². The molecule has 1 unspecified atom stereocenters. The lowest BCUT2D eigenvalue weighted by Gasteiger charge is -2.21. The van der Waals surface area contributed by atoms with Crippen molar-refractivity contribution in [3.8, 4) is 0 Å². The van der Waals surface area contributed by atoms with E-state index in [1.54, 1.807) is 0 Å². The molecule has 3 heterocycles. The van der Waals surface area contributed by atoms with Gasteiger partial charge in [-0.25, -0.2) is 4.98 Å². The third-order valence-electron chi connectivity index (χ3n) is 2.99. The molecular formula is C9H14N4. The summed E-state index contributed by atoms with van der Waals surface area (Å²) >= 11 is 0. The maximum absolute atomic E-state index is 5.90. The first-order valence-electron chi connectivity index (χ1n) is 4.88. The summed E-state index contributed by atoms with van der Waals surface area (Å²) in [4.78, 5) is 4.60. The van der Waals surface area contributed by atoms with Gasteiger partial charge in [0.15, 0.2) is 0 Å². The lowest BCUT2D eigenvalue weighted by molar-refractivity contribution is 0.451. The van der Waals surface area contributed by atoms with Crippen molar-refractivity contribution >= 4 is 0 Å². The molecule has 0 spiro atoms. The Morgan fingerprint density at radius 3 is 3.31 bits per heavy atom. The van der Waals surface area contributed by atoms with E-state index in [1.807, 2.05) is 0 Å². The van der Waals surface area contributed by atoms with Gasteiger partial charge in [0.1, 0.15) is 5.82 Å². The summed E-state index contributed by atoms with van der Waals surface area (Å²) in [6.45, 7) is 2.97. The molecule has 3 rings (SSSR count). The number of hydrogen-bond acceptors (Lipinski definition) is 3. The molecule has 0 aliphatic carbocycles. The highest BCUT2D eigenvalue weighted by molar-refractivity contribution is 5.22. The number of imidazole rings is 1. The predicted octanol–water partition coefficient (Wildman–Crippen LogP) is -0.240. The molecule has 1 aromatic rings. The van der Waals surface area contributed by atoms with Crippen LogP contribution in [0.15, 0.2) is 0 Å². The van der Waals surface area contributed by atoms with Crippen LogP contribution in [0.2, 0.25) is 0 Å². The smallest absolute Gasteiger partial charge is 0.110 e. The van der Waals surface area contributed by atoms with Gasteiger partial charge in [-0.2, -0.15) is 0 Å². The minimum absolute atomic E-state index is 0.322. The highest BCUT2D eigenvalue weighted by Crippen LogP contribution is 2.22. The Morgan fingerprint density at radius 2 is 2.38 bits per heavy atom. The topological polar surface area (TPSA) is 55.9 Å². The van der Waals surface area contributed by atoms with Crippen molar-refractivity contribution in [1.82, 2.24) is 14.9 Å². The van der Waals surface area contributed by atoms with E-state index in [0.29, 0.717) is 6.04 Å². The molecule has 13 heavy (non-hydrogen) atoms. The maximum atomic E-state index is 5.90. The lowest BCUT2D eigenvalue weighted by Crippen LogP contribution is -2.31. The van der Waals surface area contributed by atoms with Gasteiger partial charge in [0, 0.05) is 32.1 Å². The Bertz CT molecular complexity index is 342. The SMILES string of the molecule is NC1CCn2c(nc3c2CNC3)C1. The minimum Gasteiger partial charge on any atom is -0.330 e. The highest BCUT2D eigenvalue weighted by atomic mass is 15.2. The molecule has 0 saturated carbocycles. The highest BCUT2D eigenvalue weighted by Gasteiger charge is 2.24. The fourth-order valence-electron chi connectivity index (χ4n) is 2.28. The van der Waals surface area contributed by atoms with Crippen LogP contribution < -0.4 is 11.1 Å². The van der Waals surface area contributed by atoms with Gasteiger partial charge >= 0.3 is 0 Å². The Kier molecular flexibility index (Phi) is 1.48. The van der Waals surface area contributed by atoms with Crippen LogP contribution in [0, 0.1) is 0 Å². The summed E-state index contributed by atoms with van der Waals surface area (Å²) in [6, 6.07) is 0.322. The fraction of sp³-hybridized carbons (Fsp3) is 0.667. The first kappa shape index (κ1) is 7.53. The number of hydrogen-bond donors (Lipinski definition) is 2. The second-order valence-electron chi connectivity index (χ2n) is 3.93. The minimum atomic E-state index is 0.322. The number of fused-ring (bicyclic) bond motifs is 3. The number of aromatic nitrogens is 2. The molecule has 4 heteroatoms. The number of nitrogens with two attached hydrogens (primary N) is 1. The van der Waals surface area contributed by atoms with Crippen LogP contribution in [-0.4, -0.2) is 15.6 Å². The van der Waals surface area contributed by atoms with Crippen molar-refractivity contribution < 1.29 is 0 Å². The van der Waals surface area contributed by atoms with E-state index in [1.165, 1.54) is 17.2 Å². The molecule has 0 radical (unpaired) electrons. The van der Waals surface area contributed by atoms with E-state index in [4.69, 9.17) is 5.73 Å². The molecule has 1 aromatic heterocycles. The molecule has 3 N–H and O–H groups in total. The average molecular weight is 178 g/mol. The quantitative estimate of drug-likeness (QED) is 0.576. The molecular weight excluding hydrogens is 164 g/mol. The Morgan fingerprint density at radius 1 is 1.46 bits per heavy atom. The van der Waals surface area contributed by atoms with E-state index < -0.39 is 0 Å². The van der Waals surface area contributed by atoms with Gasteiger partial charge in [-0.15, -0.1) is 0 Å². The zero-order valence-corrected chi connectivity index (χ0v) is 7.58. The lowest BCUT2D eigenvalue weighted by atomic mass is 10.1. The summed E-state index contributed by atoms with van der Waals surface area (Å²) in [5.41, 5.74) is 8.53. The zero-order valence-electron chi connectivity index (χ0n) is 7.58. The fourth-order valence-corrected chi connectivity index (χ4v) is 2.28. The Hall–Kier alpha value is -0.870. The zero-order chi connectivity index (χ0) is 8.84. The van der Waals surface area contributed by atoms with Gasteiger partial charge in [-0.05, 0) is 6.42 Å². The van der Waals surface area contributed by atoms with Crippen LogP contribution in [0.4, 0.5) is 0 Å². The van der Waals surface area contributed by atoms with Crippen molar-refractivity contribution in [1.29, 1.82) is 0 Å². The third-order valence-corrected chi connectivity index (χ3v) is 2.99. The second-order valence-corrected chi connectivity index (χ2v) is 3.93. The van der Waals surface area contributed by atoms with Crippen LogP contribution in [0.3, 0.4) is 0 Å². The molecule has 2 aliphatic rings. The largest absolute Gasteiger partial charge is 0.330 e. The van der Waals surface area contributed by atoms with Gasteiger partial charge < -0.3 is 15.6 Å². The summed E-state index contributed by atoms with van der Waals surface area (Å²) < 4.78 is 2.35. The first-order valence-corrected chi connectivity index (χ1v) is 4.88. The van der Waals surface area contributed by atoms with E-state index in [-0.39, 0.29) is 0 Å². The molecule has 70 valence electrons. The molecule has 0 aromatic carbocycles. The van der Waals surface area contributed by atoms with Crippen molar-refractivity contribution in [2.75, 3.05) is 0 Å². The third kappa shape index (κ3) is 1.02. The van der Waals surface area contributed by atoms with Gasteiger partial charge in [-0.3, -0.25) is 0 Å². The van der Waals surface area contributed by atoms with Crippen LogP contribution >= 0.6 is 0 Å². The second kappa shape index (κ2) is 2.56. The average Bonchev–Trinajstić information content (AvgIpc) is 2.62. The van der Waals surface area contributed by atoms with Crippen molar-refractivity contribution in [3.05, 3.63) is 17.2 Å². The summed E-state index contributed by atoms with van der Waals surface area (Å²) in [7, 11) is 0. The molecule has 0 amide bonds. The monoisotopic (exact) mass is 178 g/mol. The van der Waals surface area contributed by atoms with Crippen LogP contribution in [0.1, 0.15) is 23.6 Å². The molecule has 0 fully saturated rings. The molecule has 1 atom stereocenters. The predicted molar refractivity (Wildman–Crippen MR) is 49.1 cm³/mol. The first-order chi connectivity index (χ1) is 6.34. The van der Waals surface area contributed by atoms with Gasteiger partial charge in [0.05, 0.1) is 11.4 Å². The van der Waals surface area contributed by atoms with E-state index >= 15 is 0 Å². The molecule has 0 bridgehead atoms. The normalized spacial score (nSPS) is 25.8. The van der Waals surface area contributed by atoms with Gasteiger partial charge in [0.25, 0.3) is 0 Å². The van der Waals surface area contributed by atoms with Crippen molar-refractivity contribution in [3.63, 3.8) is 0 Å². The molecule has 0 saturated heterocycles. The standard InChI is InChI=1S/C9H14N4/c10-6-1-2-13-8-5-11-4-7(8)12-9(13)3-6/h6,11H,1-5,10H2. The summed E-state index contributed by atoms with van der Waals surface area (Å²) in [5, 5.41) is 3.31. The maximum Gasteiger partial charge on any atom is 0.110 e. The number of nitrogens with one attached hydrogen (secondary N) is 1. The van der Waals surface area contributed by atoms with E-state index in [9.17, 15) is 0 Å². The summed E-state index contributed by atoms with van der Waals surface area (Å²) in [5.74, 6) is 1.20. The van der Waals surface area contributed by atoms with E-state index in [0.717, 1.165) is 32.5 Å². The van der Waals surface area contributed by atoms with Crippen LogP contribution in [0.25, 0.3) is 0 Å². The molecule has 4 nitrogen and oxygen atoms in total. The Balaban J connectivity index is 2.06. The molecule has 2 aliphatic heterocycles. The van der Waals surface area contributed by atoms with Crippen molar-refractivity contribution in [2.24, 2.45) is 5.73 Å². The number of rotatable bonds is 0. The van der Waals surface area contributed by atoms with Crippen molar-refractivity contribution in [2.45, 2.75) is 38.5 Å². The number of nitrogens with zero attached hydrogens (tertiary/aromatic N) is 2.